The predicted molar refractivity (Wildman–Crippen MR) is 142 cm³/mol. The molecule has 1 unspecified atom stereocenters. The Morgan fingerprint density at radius 3 is 2.94 bits per heavy atom. The lowest BCUT2D eigenvalue weighted by Crippen LogP contribution is -2.47. The minimum Gasteiger partial charge on any atom is -0.382 e. The van der Waals surface area contributed by atoms with Crippen molar-refractivity contribution >= 4 is 50.3 Å². The van der Waals surface area contributed by atoms with Crippen LogP contribution in [0.1, 0.15) is 23.7 Å². The van der Waals surface area contributed by atoms with Crippen LogP contribution >= 0.6 is 23.1 Å². The van der Waals surface area contributed by atoms with Gasteiger partial charge in [-0.25, -0.2) is 15.0 Å². The molecule has 1 aromatic carbocycles. The first-order valence-electron chi connectivity index (χ1n) is 11.7. The van der Waals surface area contributed by atoms with E-state index < -0.39 is 0 Å². The summed E-state index contributed by atoms with van der Waals surface area (Å²) in [6.45, 7) is 5.97. The minimum absolute atomic E-state index is 0.0207. The fraction of sp³-hybridized carbons (Fsp3) is 0.500. The van der Waals surface area contributed by atoms with Crippen molar-refractivity contribution in [3.05, 3.63) is 36.2 Å². The number of amides is 1. The second-order valence-electron chi connectivity index (χ2n) is 8.55. The van der Waals surface area contributed by atoms with Gasteiger partial charge in [0.15, 0.2) is 5.13 Å². The number of carbonyl (C=O) groups excluding carboxylic acids is 1. The number of morpholine rings is 1. The molecule has 2 atom stereocenters. The van der Waals surface area contributed by atoms with Crippen molar-refractivity contribution in [2.45, 2.75) is 24.3 Å². The van der Waals surface area contributed by atoms with Crippen LogP contribution in [0.4, 0.5) is 11.1 Å². The third-order valence-corrected chi connectivity index (χ3v) is 7.46. The van der Waals surface area contributed by atoms with Gasteiger partial charge in [-0.15, -0.1) is 11.8 Å². The summed E-state index contributed by atoms with van der Waals surface area (Å²) in [5, 5.41) is 7.59. The smallest absolute Gasteiger partial charge is 0.254 e. The lowest BCUT2D eigenvalue weighted by atomic mass is 10.1. The predicted octanol–water partition coefficient (Wildman–Crippen LogP) is 3.85. The molecule has 0 spiro atoms. The second kappa shape index (κ2) is 12.5. The van der Waals surface area contributed by atoms with Crippen LogP contribution in [-0.2, 0) is 9.47 Å². The molecule has 0 radical (unpaired) electrons. The largest absolute Gasteiger partial charge is 0.382 e. The maximum Gasteiger partial charge on any atom is 0.254 e. The van der Waals surface area contributed by atoms with Gasteiger partial charge in [-0.2, -0.15) is 0 Å². The van der Waals surface area contributed by atoms with Gasteiger partial charge in [0, 0.05) is 56.1 Å². The highest BCUT2D eigenvalue weighted by molar-refractivity contribution is 7.98. The van der Waals surface area contributed by atoms with Gasteiger partial charge in [0.25, 0.3) is 5.91 Å². The van der Waals surface area contributed by atoms with Gasteiger partial charge in [-0.05, 0) is 36.8 Å². The lowest BCUT2D eigenvalue weighted by molar-refractivity contribution is -0.0531. The number of thiazole rings is 1. The second-order valence-corrected chi connectivity index (χ2v) is 10.5. The first-order chi connectivity index (χ1) is 17.1. The summed E-state index contributed by atoms with van der Waals surface area (Å²) in [5.41, 5.74) is 1.58. The van der Waals surface area contributed by atoms with E-state index in [2.05, 4.69) is 32.5 Å². The van der Waals surface area contributed by atoms with E-state index in [1.165, 1.54) is 0 Å². The zero-order chi connectivity index (χ0) is 24.6. The molecule has 2 N–H and O–H groups in total. The molecule has 2 aromatic heterocycles. The number of hydrogen-bond donors (Lipinski definition) is 2. The van der Waals surface area contributed by atoms with Crippen molar-refractivity contribution in [1.82, 2.24) is 19.9 Å². The van der Waals surface area contributed by atoms with Gasteiger partial charge in [-0.3, -0.25) is 4.79 Å². The standard InChI is InChI=1S/C24H32N6O3S2/c1-16(6-7-25-23-26-12-19(34-3)13-27-23)11-28-24-29-20-5-4-17(10-21(20)35-24)22(31)30-8-9-33-18(14-30)15-32-2/h4-5,10,12-13,16,18H,6-9,11,14-15H2,1-3H3,(H,28,29)(H,25,26,27)/t16-,18?/m0/s1. The van der Waals surface area contributed by atoms with Crippen LogP contribution in [0.3, 0.4) is 0 Å². The molecule has 35 heavy (non-hydrogen) atoms. The van der Waals surface area contributed by atoms with Gasteiger partial charge in [0.2, 0.25) is 5.95 Å². The van der Waals surface area contributed by atoms with Gasteiger partial charge in [0.1, 0.15) is 0 Å². The SMILES string of the molecule is COCC1CN(C(=O)c2ccc3nc(NC[C@@H](C)CCNc4ncc(SC)cn4)sc3c2)CCO1. The number of aromatic nitrogens is 3. The highest BCUT2D eigenvalue weighted by Gasteiger charge is 2.25. The Morgan fingerprint density at radius 1 is 1.34 bits per heavy atom. The Balaban J connectivity index is 1.27. The van der Waals surface area contributed by atoms with Crippen molar-refractivity contribution < 1.29 is 14.3 Å². The minimum atomic E-state index is -0.0777. The molecule has 1 aliphatic heterocycles. The van der Waals surface area contributed by atoms with Crippen LogP contribution in [0.5, 0.6) is 0 Å². The first kappa shape index (κ1) is 25.6. The van der Waals surface area contributed by atoms with E-state index in [1.54, 1.807) is 30.2 Å². The van der Waals surface area contributed by atoms with E-state index >= 15 is 0 Å². The van der Waals surface area contributed by atoms with E-state index in [1.807, 2.05) is 41.7 Å². The summed E-state index contributed by atoms with van der Waals surface area (Å²) < 4.78 is 11.8. The summed E-state index contributed by atoms with van der Waals surface area (Å²) in [7, 11) is 1.64. The third kappa shape index (κ3) is 7.03. The van der Waals surface area contributed by atoms with Crippen molar-refractivity contribution in [2.24, 2.45) is 5.92 Å². The van der Waals surface area contributed by atoms with E-state index in [0.29, 0.717) is 43.7 Å². The summed E-state index contributed by atoms with van der Waals surface area (Å²) >= 11 is 3.20. The summed E-state index contributed by atoms with van der Waals surface area (Å²) in [6.07, 6.45) is 6.57. The molecule has 1 saturated heterocycles. The number of benzene rings is 1. The topological polar surface area (TPSA) is 102 Å². The number of nitrogens with one attached hydrogen (secondary N) is 2. The van der Waals surface area contributed by atoms with Crippen LogP contribution in [0.25, 0.3) is 10.2 Å². The lowest BCUT2D eigenvalue weighted by Gasteiger charge is -2.32. The van der Waals surface area contributed by atoms with Gasteiger partial charge < -0.3 is 25.0 Å². The van der Waals surface area contributed by atoms with Crippen LogP contribution in [0.15, 0.2) is 35.5 Å². The number of rotatable bonds is 11. The third-order valence-electron chi connectivity index (χ3n) is 5.80. The summed E-state index contributed by atoms with van der Waals surface area (Å²) in [4.78, 5) is 29.3. The molecule has 1 amide bonds. The number of anilines is 2. The fourth-order valence-electron chi connectivity index (χ4n) is 3.81. The Bertz CT molecular complexity index is 1110. The van der Waals surface area contributed by atoms with Crippen LogP contribution < -0.4 is 10.6 Å². The highest BCUT2D eigenvalue weighted by Crippen LogP contribution is 2.28. The van der Waals surface area contributed by atoms with Crippen molar-refractivity contribution in [3.63, 3.8) is 0 Å². The molecule has 1 aliphatic rings. The quantitative estimate of drug-likeness (QED) is 0.368. The molecule has 11 heteroatoms. The summed E-state index contributed by atoms with van der Waals surface area (Å²) in [6, 6.07) is 5.72. The number of ether oxygens (including phenoxy) is 2. The maximum absolute atomic E-state index is 13.0. The fourth-order valence-corrected chi connectivity index (χ4v) is 5.04. The van der Waals surface area contributed by atoms with Crippen molar-refractivity contribution in [1.29, 1.82) is 0 Å². The summed E-state index contributed by atoms with van der Waals surface area (Å²) in [5.74, 6) is 1.12. The molecule has 188 valence electrons. The average molecular weight is 517 g/mol. The molecule has 3 aromatic rings. The first-order valence-corrected chi connectivity index (χ1v) is 13.7. The Labute approximate surface area is 214 Å². The number of nitrogens with zero attached hydrogens (tertiary/aromatic N) is 4. The number of fused-ring (bicyclic) bond motifs is 1. The average Bonchev–Trinajstić information content (AvgIpc) is 3.30. The molecule has 3 heterocycles. The van der Waals surface area contributed by atoms with Crippen LogP contribution in [0, 0.1) is 5.92 Å². The molecular formula is C24H32N6O3S2. The van der Waals surface area contributed by atoms with Crippen molar-refractivity contribution in [2.75, 3.05) is 63.4 Å². The van der Waals surface area contributed by atoms with E-state index in [9.17, 15) is 4.79 Å². The Kier molecular flexibility index (Phi) is 9.13. The van der Waals surface area contributed by atoms with Gasteiger partial charge in [0.05, 0.1) is 29.5 Å². The highest BCUT2D eigenvalue weighted by atomic mass is 32.2. The molecule has 0 aliphatic carbocycles. The molecule has 9 nitrogen and oxygen atoms in total. The Morgan fingerprint density at radius 2 is 2.17 bits per heavy atom. The number of hydrogen-bond acceptors (Lipinski definition) is 10. The monoisotopic (exact) mass is 516 g/mol. The van der Waals surface area contributed by atoms with Gasteiger partial charge >= 0.3 is 0 Å². The normalized spacial score (nSPS) is 16.9. The molecule has 4 rings (SSSR count). The van der Waals surface area contributed by atoms with E-state index in [-0.39, 0.29) is 12.0 Å². The molecule has 0 saturated carbocycles. The molecular weight excluding hydrogens is 484 g/mol. The number of methoxy groups -OCH3 is 1. The zero-order valence-corrected chi connectivity index (χ0v) is 22.0. The van der Waals surface area contributed by atoms with E-state index in [0.717, 1.165) is 39.8 Å². The van der Waals surface area contributed by atoms with Crippen LogP contribution in [-0.4, -0.2) is 84.6 Å². The maximum atomic E-state index is 13.0. The van der Waals surface area contributed by atoms with Gasteiger partial charge in [-0.1, -0.05) is 18.3 Å². The number of thioether (sulfide) groups is 1. The number of carbonyl (C=O) groups is 1. The molecule has 0 bridgehead atoms. The van der Waals surface area contributed by atoms with E-state index in [4.69, 9.17) is 9.47 Å². The zero-order valence-electron chi connectivity index (χ0n) is 20.3. The molecule has 1 fully saturated rings. The Hall–Kier alpha value is -2.47. The van der Waals surface area contributed by atoms with Crippen LogP contribution in [0.2, 0.25) is 0 Å². The van der Waals surface area contributed by atoms with Crippen molar-refractivity contribution in [3.8, 4) is 0 Å².